The molecule has 1 rings (SSSR count). The summed E-state index contributed by atoms with van der Waals surface area (Å²) in [6, 6.07) is 1.35. The van der Waals surface area contributed by atoms with Crippen molar-refractivity contribution < 1.29 is 9.53 Å². The lowest BCUT2D eigenvalue weighted by Gasteiger charge is -2.21. The summed E-state index contributed by atoms with van der Waals surface area (Å²) in [7, 11) is -0.984. The minimum absolute atomic E-state index is 0.0000430. The summed E-state index contributed by atoms with van der Waals surface area (Å²) in [5.74, 6) is 0.0000430. The second kappa shape index (κ2) is 5.46. The molecule has 0 aromatic rings. The molecule has 0 spiro atoms. The molecular formula is C11H21NO2Si. The Kier molecular flexibility index (Phi) is 4.54. The van der Waals surface area contributed by atoms with Crippen LogP contribution in [0.15, 0.2) is 12.2 Å². The highest BCUT2D eigenvalue weighted by molar-refractivity contribution is 6.76. The average Bonchev–Trinajstić information content (AvgIpc) is 2.11. The summed E-state index contributed by atoms with van der Waals surface area (Å²) < 4.78 is 5.58. The first-order chi connectivity index (χ1) is 6.97. The Bertz CT molecular complexity index is 245. The molecule has 0 saturated heterocycles. The van der Waals surface area contributed by atoms with Gasteiger partial charge >= 0.3 is 0 Å². The lowest BCUT2D eigenvalue weighted by Crippen LogP contribution is -2.39. The van der Waals surface area contributed by atoms with E-state index in [2.05, 4.69) is 25.0 Å². The largest absolute Gasteiger partial charge is 0.380 e. The van der Waals surface area contributed by atoms with Gasteiger partial charge in [0.05, 0.1) is 12.6 Å². The van der Waals surface area contributed by atoms with Crippen LogP contribution in [0.25, 0.3) is 0 Å². The summed E-state index contributed by atoms with van der Waals surface area (Å²) in [4.78, 5) is 11.0. The van der Waals surface area contributed by atoms with Gasteiger partial charge in [0.25, 0.3) is 0 Å². The van der Waals surface area contributed by atoms with Crippen LogP contribution in [0.4, 0.5) is 0 Å². The van der Waals surface area contributed by atoms with E-state index in [1.165, 1.54) is 6.04 Å². The van der Waals surface area contributed by atoms with Crippen LogP contribution in [-0.2, 0) is 9.53 Å². The number of rotatable bonds is 5. The molecule has 3 nitrogen and oxygen atoms in total. The number of amides is 1. The maximum Gasteiger partial charge on any atom is 0.243 e. The molecule has 0 aromatic carbocycles. The minimum Gasteiger partial charge on any atom is -0.380 e. The Balaban J connectivity index is 2.11. The maximum atomic E-state index is 11.0. The van der Waals surface area contributed by atoms with Crippen molar-refractivity contribution in [3.63, 3.8) is 0 Å². The van der Waals surface area contributed by atoms with Crippen molar-refractivity contribution >= 4 is 14.0 Å². The van der Waals surface area contributed by atoms with E-state index in [0.717, 1.165) is 13.0 Å². The van der Waals surface area contributed by atoms with Crippen LogP contribution >= 0.6 is 0 Å². The molecular weight excluding hydrogens is 206 g/mol. The summed E-state index contributed by atoms with van der Waals surface area (Å²) in [6.07, 6.45) is 4.38. The van der Waals surface area contributed by atoms with E-state index in [0.29, 0.717) is 6.61 Å². The van der Waals surface area contributed by atoms with Crippen LogP contribution in [0.2, 0.25) is 25.7 Å². The van der Waals surface area contributed by atoms with Crippen molar-refractivity contribution in [2.45, 2.75) is 38.1 Å². The molecule has 1 aliphatic heterocycles. The summed E-state index contributed by atoms with van der Waals surface area (Å²) in [6.45, 7) is 8.47. The molecule has 0 aromatic heterocycles. The second-order valence-corrected chi connectivity index (χ2v) is 10.9. The maximum absolute atomic E-state index is 11.0. The third-order valence-corrected chi connectivity index (χ3v) is 4.06. The van der Waals surface area contributed by atoms with Crippen molar-refractivity contribution in [1.82, 2.24) is 5.32 Å². The van der Waals surface area contributed by atoms with Gasteiger partial charge in [0, 0.05) is 14.7 Å². The molecule has 0 bridgehead atoms. The SMILES string of the molecule is C[Si](C)(C)CCOCC1CC=CC(=O)N1. The van der Waals surface area contributed by atoms with Gasteiger partial charge in [-0.25, -0.2) is 0 Å². The Morgan fingerprint density at radius 3 is 2.87 bits per heavy atom. The van der Waals surface area contributed by atoms with E-state index in [-0.39, 0.29) is 11.9 Å². The fraction of sp³-hybridized carbons (Fsp3) is 0.727. The van der Waals surface area contributed by atoms with E-state index in [4.69, 9.17) is 4.74 Å². The predicted molar refractivity (Wildman–Crippen MR) is 64.7 cm³/mol. The molecule has 0 aliphatic carbocycles. The highest BCUT2D eigenvalue weighted by Gasteiger charge is 2.15. The first-order valence-corrected chi connectivity index (χ1v) is 9.23. The quantitative estimate of drug-likeness (QED) is 0.574. The third-order valence-electron chi connectivity index (χ3n) is 2.35. The summed E-state index contributed by atoms with van der Waals surface area (Å²) in [5.41, 5.74) is 0. The van der Waals surface area contributed by atoms with Crippen LogP contribution in [0.5, 0.6) is 0 Å². The van der Waals surface area contributed by atoms with E-state index < -0.39 is 8.07 Å². The van der Waals surface area contributed by atoms with Gasteiger partial charge in [-0.1, -0.05) is 25.7 Å². The average molecular weight is 227 g/mol. The Hall–Kier alpha value is -0.613. The van der Waals surface area contributed by atoms with Gasteiger partial charge < -0.3 is 10.1 Å². The van der Waals surface area contributed by atoms with E-state index >= 15 is 0 Å². The molecule has 15 heavy (non-hydrogen) atoms. The fourth-order valence-electron chi connectivity index (χ4n) is 1.36. The number of nitrogens with one attached hydrogen (secondary N) is 1. The van der Waals surface area contributed by atoms with Crippen molar-refractivity contribution in [1.29, 1.82) is 0 Å². The molecule has 1 atom stereocenters. The standard InChI is InChI=1S/C11H21NO2Si/c1-15(2,3)8-7-14-9-10-5-4-6-11(13)12-10/h4,6,10H,5,7-9H2,1-3H3,(H,12,13). The van der Waals surface area contributed by atoms with E-state index in [1.54, 1.807) is 6.08 Å². The second-order valence-electron chi connectivity index (χ2n) is 5.23. The number of carbonyl (C=O) groups excluding carboxylic acids is 1. The van der Waals surface area contributed by atoms with E-state index in [9.17, 15) is 4.79 Å². The molecule has 86 valence electrons. The monoisotopic (exact) mass is 227 g/mol. The van der Waals surface area contributed by atoms with Gasteiger partial charge in [-0.15, -0.1) is 0 Å². The van der Waals surface area contributed by atoms with Gasteiger partial charge in [-0.2, -0.15) is 0 Å². The van der Waals surface area contributed by atoms with Crippen molar-refractivity contribution in [2.75, 3.05) is 13.2 Å². The first-order valence-electron chi connectivity index (χ1n) is 5.52. The summed E-state index contributed by atoms with van der Waals surface area (Å²) >= 11 is 0. The Morgan fingerprint density at radius 1 is 1.53 bits per heavy atom. The van der Waals surface area contributed by atoms with Gasteiger partial charge in [-0.3, -0.25) is 4.79 Å². The fourth-order valence-corrected chi connectivity index (χ4v) is 2.12. The molecule has 4 heteroatoms. The van der Waals surface area contributed by atoms with Gasteiger partial charge in [0.1, 0.15) is 0 Å². The summed E-state index contributed by atoms with van der Waals surface area (Å²) in [5, 5.41) is 2.87. The number of hydrogen-bond acceptors (Lipinski definition) is 2. The molecule has 0 radical (unpaired) electrons. The minimum atomic E-state index is -0.984. The first kappa shape index (κ1) is 12.5. The topological polar surface area (TPSA) is 38.3 Å². The molecule has 1 amide bonds. The zero-order valence-electron chi connectivity index (χ0n) is 9.88. The van der Waals surface area contributed by atoms with Crippen LogP contribution < -0.4 is 5.32 Å². The predicted octanol–water partition coefficient (Wildman–Crippen LogP) is 1.79. The zero-order chi connectivity index (χ0) is 11.3. The Morgan fingerprint density at radius 2 is 2.27 bits per heavy atom. The lowest BCUT2D eigenvalue weighted by molar-refractivity contribution is -0.118. The molecule has 0 saturated carbocycles. The smallest absolute Gasteiger partial charge is 0.243 e. The number of carbonyl (C=O) groups is 1. The third kappa shape index (κ3) is 5.74. The molecule has 0 fully saturated rings. The van der Waals surface area contributed by atoms with Gasteiger partial charge in [-0.05, 0) is 18.5 Å². The zero-order valence-corrected chi connectivity index (χ0v) is 10.9. The molecule has 1 aliphatic rings. The van der Waals surface area contributed by atoms with E-state index in [1.807, 2.05) is 6.08 Å². The van der Waals surface area contributed by atoms with Gasteiger partial charge in [0.15, 0.2) is 0 Å². The highest BCUT2D eigenvalue weighted by Crippen LogP contribution is 2.08. The Labute approximate surface area is 92.9 Å². The molecule has 1 heterocycles. The number of ether oxygens (including phenoxy) is 1. The molecule has 1 N–H and O–H groups in total. The number of hydrogen-bond donors (Lipinski definition) is 1. The van der Waals surface area contributed by atoms with Crippen LogP contribution in [-0.4, -0.2) is 33.2 Å². The van der Waals surface area contributed by atoms with Crippen LogP contribution in [0.1, 0.15) is 6.42 Å². The van der Waals surface area contributed by atoms with Crippen molar-refractivity contribution in [2.24, 2.45) is 0 Å². The lowest BCUT2D eigenvalue weighted by atomic mass is 10.1. The van der Waals surface area contributed by atoms with Gasteiger partial charge in [0.2, 0.25) is 5.91 Å². The van der Waals surface area contributed by atoms with Crippen LogP contribution in [0.3, 0.4) is 0 Å². The normalized spacial score (nSPS) is 21.5. The van der Waals surface area contributed by atoms with Crippen molar-refractivity contribution in [3.05, 3.63) is 12.2 Å². The highest BCUT2D eigenvalue weighted by atomic mass is 28.3. The van der Waals surface area contributed by atoms with Crippen LogP contribution in [0, 0.1) is 0 Å². The van der Waals surface area contributed by atoms with Crippen molar-refractivity contribution in [3.8, 4) is 0 Å². The molecule has 1 unspecified atom stereocenters.